The summed E-state index contributed by atoms with van der Waals surface area (Å²) in [5.41, 5.74) is 0.858. The zero-order valence-corrected chi connectivity index (χ0v) is 14.3. The zero-order valence-electron chi connectivity index (χ0n) is 13.4. The molecule has 122 valence electrons. The number of nitrogens with zero attached hydrogens (tertiary/aromatic N) is 5. The van der Waals surface area contributed by atoms with E-state index in [9.17, 15) is 4.79 Å². The average Bonchev–Trinajstić information content (AvgIpc) is 2.93. The van der Waals surface area contributed by atoms with Crippen molar-refractivity contribution in [2.45, 2.75) is 6.92 Å². The summed E-state index contributed by atoms with van der Waals surface area (Å²) >= 11 is 1.77. The summed E-state index contributed by atoms with van der Waals surface area (Å²) < 4.78 is 1.71. The second kappa shape index (κ2) is 8.07. The average molecular weight is 324 g/mol. The van der Waals surface area contributed by atoms with E-state index in [4.69, 9.17) is 0 Å². The third kappa shape index (κ3) is 4.16. The molecule has 8 heteroatoms. The van der Waals surface area contributed by atoms with E-state index in [1.54, 1.807) is 27.5 Å². The molecule has 22 heavy (non-hydrogen) atoms. The standard InChI is InChI=1S/C14H24N6OS/c1-4-15-14(16-5-8-22-3)19-6-7-20(13(21)11-19)12-9-17-18(2)10-12/h9-10H,4-8,11H2,1-3H3,(H,15,16). The summed E-state index contributed by atoms with van der Waals surface area (Å²) in [7, 11) is 1.85. The molecule has 1 fully saturated rings. The van der Waals surface area contributed by atoms with Gasteiger partial charge in [0.25, 0.3) is 0 Å². The van der Waals surface area contributed by atoms with Crippen LogP contribution in [0.3, 0.4) is 0 Å². The lowest BCUT2D eigenvalue weighted by Crippen LogP contribution is -2.55. The van der Waals surface area contributed by atoms with E-state index in [1.807, 2.05) is 25.1 Å². The molecule has 0 radical (unpaired) electrons. The van der Waals surface area contributed by atoms with Crippen LogP contribution in [0, 0.1) is 0 Å². The Bertz CT molecular complexity index is 529. The lowest BCUT2D eigenvalue weighted by Gasteiger charge is -2.35. The monoisotopic (exact) mass is 324 g/mol. The normalized spacial score (nSPS) is 16.3. The van der Waals surface area contributed by atoms with Crippen molar-refractivity contribution in [3.05, 3.63) is 12.4 Å². The second-order valence-electron chi connectivity index (χ2n) is 5.07. The predicted octanol–water partition coefficient (Wildman–Crippen LogP) is 0.397. The number of aryl methyl sites for hydroxylation is 1. The molecule has 2 rings (SSSR count). The summed E-state index contributed by atoms with van der Waals surface area (Å²) in [6.07, 6.45) is 5.66. The fourth-order valence-electron chi connectivity index (χ4n) is 2.34. The molecule has 0 aromatic carbocycles. The van der Waals surface area contributed by atoms with Gasteiger partial charge < -0.3 is 15.1 Å². The Morgan fingerprint density at radius 1 is 1.50 bits per heavy atom. The van der Waals surface area contributed by atoms with Gasteiger partial charge in [-0.3, -0.25) is 14.5 Å². The number of amides is 1. The number of aliphatic imine (C=N–C) groups is 1. The van der Waals surface area contributed by atoms with E-state index in [-0.39, 0.29) is 5.91 Å². The van der Waals surface area contributed by atoms with Gasteiger partial charge >= 0.3 is 0 Å². The number of anilines is 1. The van der Waals surface area contributed by atoms with E-state index < -0.39 is 0 Å². The Labute approximate surface area is 135 Å². The number of guanidine groups is 1. The van der Waals surface area contributed by atoms with Gasteiger partial charge in [-0.2, -0.15) is 16.9 Å². The van der Waals surface area contributed by atoms with Crippen LogP contribution in [0.4, 0.5) is 5.69 Å². The first-order chi connectivity index (χ1) is 10.7. The van der Waals surface area contributed by atoms with Gasteiger partial charge in [0.05, 0.1) is 18.4 Å². The number of thioether (sulfide) groups is 1. The number of rotatable bonds is 5. The topological polar surface area (TPSA) is 65.8 Å². The van der Waals surface area contributed by atoms with Gasteiger partial charge in [0.15, 0.2) is 5.96 Å². The van der Waals surface area contributed by atoms with Crippen LogP contribution < -0.4 is 10.2 Å². The second-order valence-corrected chi connectivity index (χ2v) is 6.05. The summed E-state index contributed by atoms with van der Waals surface area (Å²) in [5, 5.41) is 7.40. The smallest absolute Gasteiger partial charge is 0.246 e. The Morgan fingerprint density at radius 2 is 2.32 bits per heavy atom. The first kappa shape index (κ1) is 16.7. The summed E-state index contributed by atoms with van der Waals surface area (Å²) in [4.78, 5) is 20.8. The fourth-order valence-corrected chi connectivity index (χ4v) is 2.62. The number of hydrogen-bond acceptors (Lipinski definition) is 4. The molecule has 1 saturated heterocycles. The van der Waals surface area contributed by atoms with E-state index in [2.05, 4.69) is 21.7 Å². The van der Waals surface area contributed by atoms with Crippen molar-refractivity contribution < 1.29 is 4.79 Å². The number of piperazine rings is 1. The van der Waals surface area contributed by atoms with Crippen LogP contribution in [0.5, 0.6) is 0 Å². The zero-order chi connectivity index (χ0) is 15.9. The lowest BCUT2D eigenvalue weighted by atomic mass is 10.3. The van der Waals surface area contributed by atoms with Gasteiger partial charge in [-0.15, -0.1) is 0 Å². The molecule has 1 aliphatic rings. The van der Waals surface area contributed by atoms with Gasteiger partial charge in [-0.05, 0) is 13.2 Å². The van der Waals surface area contributed by atoms with Crippen molar-refractivity contribution in [1.82, 2.24) is 20.0 Å². The molecule has 0 bridgehead atoms. The van der Waals surface area contributed by atoms with Crippen LogP contribution >= 0.6 is 11.8 Å². The molecule has 0 spiro atoms. The van der Waals surface area contributed by atoms with Crippen molar-refractivity contribution in [1.29, 1.82) is 0 Å². The maximum absolute atomic E-state index is 12.4. The van der Waals surface area contributed by atoms with Crippen LogP contribution in [0.2, 0.25) is 0 Å². The SMILES string of the molecule is CCNC(=NCCSC)N1CCN(c2cnn(C)c2)C(=O)C1. The number of carbonyl (C=O) groups is 1. The molecule has 2 heterocycles. The van der Waals surface area contributed by atoms with Crippen LogP contribution in [-0.4, -0.2) is 71.3 Å². The van der Waals surface area contributed by atoms with E-state index in [0.717, 1.165) is 37.0 Å². The van der Waals surface area contributed by atoms with Crippen LogP contribution in [0.1, 0.15) is 6.92 Å². The Hall–Kier alpha value is -1.70. The first-order valence-electron chi connectivity index (χ1n) is 7.47. The molecule has 0 unspecified atom stereocenters. The van der Waals surface area contributed by atoms with Crippen molar-refractivity contribution in [2.75, 3.05) is 49.6 Å². The molecular formula is C14H24N6OS. The molecular weight excluding hydrogens is 300 g/mol. The van der Waals surface area contributed by atoms with Crippen LogP contribution in [-0.2, 0) is 11.8 Å². The summed E-state index contributed by atoms with van der Waals surface area (Å²) in [5.74, 6) is 1.89. The molecule has 7 nitrogen and oxygen atoms in total. The van der Waals surface area contributed by atoms with Crippen LogP contribution in [0.15, 0.2) is 17.4 Å². The lowest BCUT2D eigenvalue weighted by molar-refractivity contribution is -0.120. The third-order valence-corrected chi connectivity index (χ3v) is 4.01. The highest BCUT2D eigenvalue weighted by Gasteiger charge is 2.27. The molecule has 0 aliphatic carbocycles. The molecule has 1 amide bonds. The number of hydrogen-bond donors (Lipinski definition) is 1. The number of nitrogens with one attached hydrogen (secondary N) is 1. The summed E-state index contributed by atoms with van der Waals surface area (Å²) in [6, 6.07) is 0. The van der Waals surface area contributed by atoms with E-state index in [0.29, 0.717) is 13.1 Å². The minimum Gasteiger partial charge on any atom is -0.357 e. The number of aromatic nitrogens is 2. The minimum atomic E-state index is 0.0784. The van der Waals surface area contributed by atoms with Gasteiger partial charge in [0.2, 0.25) is 5.91 Å². The van der Waals surface area contributed by atoms with Gasteiger partial charge in [-0.25, -0.2) is 0 Å². The molecule has 0 atom stereocenters. The first-order valence-corrected chi connectivity index (χ1v) is 8.86. The molecule has 1 aromatic heterocycles. The highest BCUT2D eigenvalue weighted by molar-refractivity contribution is 7.98. The van der Waals surface area contributed by atoms with Gasteiger partial charge in [-0.1, -0.05) is 0 Å². The molecule has 1 N–H and O–H groups in total. The molecule has 1 aliphatic heterocycles. The van der Waals surface area contributed by atoms with Crippen molar-refractivity contribution in [2.24, 2.45) is 12.0 Å². The van der Waals surface area contributed by atoms with Gasteiger partial charge in [0.1, 0.15) is 6.54 Å². The largest absolute Gasteiger partial charge is 0.357 e. The Morgan fingerprint density at radius 3 is 2.91 bits per heavy atom. The maximum atomic E-state index is 12.4. The maximum Gasteiger partial charge on any atom is 0.246 e. The molecule has 1 aromatic rings. The highest BCUT2D eigenvalue weighted by atomic mass is 32.2. The molecule has 0 saturated carbocycles. The minimum absolute atomic E-state index is 0.0784. The Balaban J connectivity index is 2.00. The number of carbonyl (C=O) groups excluding carboxylic acids is 1. The fraction of sp³-hybridized carbons (Fsp3) is 0.643. The van der Waals surface area contributed by atoms with E-state index in [1.165, 1.54) is 0 Å². The van der Waals surface area contributed by atoms with Crippen molar-refractivity contribution in [3.63, 3.8) is 0 Å². The highest BCUT2D eigenvalue weighted by Crippen LogP contribution is 2.16. The predicted molar refractivity (Wildman–Crippen MR) is 91.5 cm³/mol. The van der Waals surface area contributed by atoms with E-state index >= 15 is 0 Å². The third-order valence-electron chi connectivity index (χ3n) is 3.42. The van der Waals surface area contributed by atoms with Gasteiger partial charge in [0, 0.05) is 38.6 Å². The van der Waals surface area contributed by atoms with Crippen LogP contribution in [0.25, 0.3) is 0 Å². The quantitative estimate of drug-likeness (QED) is 0.482. The Kier molecular flexibility index (Phi) is 6.11. The van der Waals surface area contributed by atoms with Crippen molar-refractivity contribution >= 4 is 29.3 Å². The summed E-state index contributed by atoms with van der Waals surface area (Å²) in [6.45, 7) is 5.37. The van der Waals surface area contributed by atoms with Crippen molar-refractivity contribution in [3.8, 4) is 0 Å².